The Bertz CT molecular complexity index is 1030. The average molecular weight is 383 g/mol. The molecule has 2 N–H and O–H groups in total. The Morgan fingerprint density at radius 1 is 1.07 bits per heavy atom. The Kier molecular flexibility index (Phi) is 5.32. The molecule has 3 aromatic rings. The Balaban J connectivity index is 1.79. The van der Waals surface area contributed by atoms with Crippen LogP contribution in [0, 0.1) is 19.7 Å². The predicted octanol–water partition coefficient (Wildman–Crippen LogP) is 4.78. The maximum Gasteiger partial charge on any atom is 0.275 e. The molecule has 0 bridgehead atoms. The van der Waals surface area contributed by atoms with E-state index in [1.807, 2.05) is 26.0 Å². The average Bonchev–Trinajstić information content (AvgIpc) is 3.07. The second-order valence-corrected chi connectivity index (χ2v) is 7.04. The van der Waals surface area contributed by atoms with Gasteiger partial charge in [-0.05, 0) is 37.6 Å². The Morgan fingerprint density at radius 2 is 1.85 bits per heavy atom. The summed E-state index contributed by atoms with van der Waals surface area (Å²) in [5, 5.41) is 7.50. The van der Waals surface area contributed by atoms with Crippen LogP contribution in [0.3, 0.4) is 0 Å². The van der Waals surface area contributed by atoms with Crippen LogP contribution >= 0.6 is 11.3 Å². The van der Waals surface area contributed by atoms with E-state index in [-0.39, 0.29) is 11.4 Å². The fraction of sp³-hybridized carbons (Fsp3) is 0.150. The number of benzene rings is 2. The van der Waals surface area contributed by atoms with Crippen molar-refractivity contribution in [3.8, 4) is 10.6 Å². The number of aryl methyl sites for hydroxylation is 2. The second-order valence-electron chi connectivity index (χ2n) is 6.19. The van der Waals surface area contributed by atoms with Gasteiger partial charge in [0.25, 0.3) is 5.91 Å². The molecule has 0 saturated heterocycles. The molecule has 1 heterocycles. The van der Waals surface area contributed by atoms with Gasteiger partial charge in [-0.25, -0.2) is 9.37 Å². The number of hydrogen-bond acceptors (Lipinski definition) is 4. The minimum atomic E-state index is -0.575. The molecule has 5 nitrogen and oxygen atoms in total. The van der Waals surface area contributed by atoms with Gasteiger partial charge < -0.3 is 10.6 Å². The molecule has 27 heavy (non-hydrogen) atoms. The number of anilines is 2. The fourth-order valence-electron chi connectivity index (χ4n) is 2.64. The summed E-state index contributed by atoms with van der Waals surface area (Å²) >= 11 is 1.39. The summed E-state index contributed by atoms with van der Waals surface area (Å²) in [5.41, 5.74) is 3.90. The molecule has 3 rings (SSSR count). The normalized spacial score (nSPS) is 10.5. The number of amides is 2. The first kappa shape index (κ1) is 18.7. The molecule has 0 fully saturated rings. The molecule has 0 aliphatic heterocycles. The summed E-state index contributed by atoms with van der Waals surface area (Å²) in [6.45, 7) is 5.32. The Labute approximate surface area is 160 Å². The van der Waals surface area contributed by atoms with Gasteiger partial charge in [0.1, 0.15) is 16.5 Å². The highest BCUT2D eigenvalue weighted by molar-refractivity contribution is 7.13. The molecule has 0 saturated carbocycles. The Morgan fingerprint density at radius 3 is 2.56 bits per heavy atom. The van der Waals surface area contributed by atoms with Gasteiger partial charge in [0.05, 0.1) is 5.69 Å². The first-order chi connectivity index (χ1) is 12.8. The number of aromatic nitrogens is 1. The van der Waals surface area contributed by atoms with Crippen molar-refractivity contribution in [1.29, 1.82) is 0 Å². The molecule has 2 amide bonds. The van der Waals surface area contributed by atoms with Crippen LogP contribution in [0.1, 0.15) is 28.5 Å². The van der Waals surface area contributed by atoms with Crippen LogP contribution in [-0.4, -0.2) is 16.8 Å². The number of carbonyl (C=O) groups excluding carboxylic acids is 2. The van der Waals surface area contributed by atoms with E-state index in [2.05, 4.69) is 21.7 Å². The topological polar surface area (TPSA) is 71.1 Å². The van der Waals surface area contributed by atoms with Gasteiger partial charge in [0.15, 0.2) is 0 Å². The lowest BCUT2D eigenvalue weighted by Crippen LogP contribution is -2.13. The van der Waals surface area contributed by atoms with Crippen LogP contribution in [0.2, 0.25) is 0 Å². The maximum atomic E-state index is 13.7. The molecule has 0 radical (unpaired) electrons. The molecule has 138 valence electrons. The summed E-state index contributed by atoms with van der Waals surface area (Å²) in [4.78, 5) is 28.0. The molecule has 0 atom stereocenters. The number of hydrogen-bond donors (Lipinski definition) is 2. The zero-order valence-corrected chi connectivity index (χ0v) is 15.9. The minimum absolute atomic E-state index is 0.00884. The van der Waals surface area contributed by atoms with E-state index in [1.54, 1.807) is 5.38 Å². The van der Waals surface area contributed by atoms with Crippen molar-refractivity contribution in [2.45, 2.75) is 20.8 Å². The number of carbonyl (C=O) groups is 2. The number of nitrogens with zero attached hydrogens (tertiary/aromatic N) is 1. The second kappa shape index (κ2) is 7.67. The zero-order chi connectivity index (χ0) is 19.6. The van der Waals surface area contributed by atoms with Crippen LogP contribution in [0.4, 0.5) is 15.8 Å². The van der Waals surface area contributed by atoms with Crippen molar-refractivity contribution in [2.75, 3.05) is 10.6 Å². The van der Waals surface area contributed by atoms with Crippen LogP contribution in [0.15, 0.2) is 41.8 Å². The molecule has 7 heteroatoms. The highest BCUT2D eigenvalue weighted by Gasteiger charge is 2.14. The Hall–Kier alpha value is -3.06. The van der Waals surface area contributed by atoms with Crippen molar-refractivity contribution >= 4 is 34.5 Å². The summed E-state index contributed by atoms with van der Waals surface area (Å²) in [6.07, 6.45) is 0. The molecule has 0 unspecified atom stereocenters. The zero-order valence-electron chi connectivity index (χ0n) is 15.1. The minimum Gasteiger partial charge on any atom is -0.324 e. The first-order valence-corrected chi connectivity index (χ1v) is 9.13. The summed E-state index contributed by atoms with van der Waals surface area (Å²) in [7, 11) is 0. The number of thiazole rings is 1. The quantitative estimate of drug-likeness (QED) is 0.681. The lowest BCUT2D eigenvalue weighted by molar-refractivity contribution is -0.114. The molecule has 0 aliphatic rings. The van der Waals surface area contributed by atoms with Crippen LogP contribution in [-0.2, 0) is 4.79 Å². The highest BCUT2D eigenvalue weighted by Crippen LogP contribution is 2.28. The molecule has 0 spiro atoms. The van der Waals surface area contributed by atoms with Crippen LogP contribution in [0.5, 0.6) is 0 Å². The fourth-order valence-corrected chi connectivity index (χ4v) is 3.53. The molecular formula is C20H18FN3O2S. The van der Waals surface area contributed by atoms with Crippen LogP contribution in [0.25, 0.3) is 10.6 Å². The number of rotatable bonds is 4. The standard InChI is InChI=1S/C20H18FN3O2S/c1-11-4-6-15(12(2)8-11)20-24-18(10-27-20)19(26)23-14-5-7-16(21)17(9-14)22-13(3)25/h4-10H,1-3H3,(H,22,25)(H,23,26). The van der Waals surface area contributed by atoms with Gasteiger partial charge in [-0.2, -0.15) is 0 Å². The summed E-state index contributed by atoms with van der Waals surface area (Å²) in [6, 6.07) is 10.0. The SMILES string of the molecule is CC(=O)Nc1cc(NC(=O)c2csc(-c3ccc(C)cc3C)n2)ccc1F. The highest BCUT2D eigenvalue weighted by atomic mass is 32.1. The lowest BCUT2D eigenvalue weighted by Gasteiger charge is -2.08. The first-order valence-electron chi connectivity index (χ1n) is 8.25. The number of nitrogens with one attached hydrogen (secondary N) is 2. The van der Waals surface area contributed by atoms with Gasteiger partial charge in [-0.1, -0.05) is 23.8 Å². The third-order valence-electron chi connectivity index (χ3n) is 3.88. The van der Waals surface area contributed by atoms with E-state index in [1.165, 1.54) is 36.5 Å². The van der Waals surface area contributed by atoms with Gasteiger partial charge in [-0.3, -0.25) is 9.59 Å². The third kappa shape index (κ3) is 4.38. The molecule has 2 aromatic carbocycles. The van der Waals surface area contributed by atoms with E-state index in [0.717, 1.165) is 21.7 Å². The largest absolute Gasteiger partial charge is 0.324 e. The maximum absolute atomic E-state index is 13.7. The van der Waals surface area contributed by atoms with E-state index in [4.69, 9.17) is 0 Å². The van der Waals surface area contributed by atoms with Crippen molar-refractivity contribution in [3.05, 3.63) is 64.4 Å². The molecule has 0 aliphatic carbocycles. The molecular weight excluding hydrogens is 365 g/mol. The van der Waals surface area contributed by atoms with Crippen LogP contribution < -0.4 is 10.6 Å². The predicted molar refractivity (Wildman–Crippen MR) is 106 cm³/mol. The van der Waals surface area contributed by atoms with Gasteiger partial charge in [0.2, 0.25) is 5.91 Å². The van der Waals surface area contributed by atoms with E-state index < -0.39 is 17.6 Å². The summed E-state index contributed by atoms with van der Waals surface area (Å²) < 4.78 is 13.7. The smallest absolute Gasteiger partial charge is 0.275 e. The monoisotopic (exact) mass is 383 g/mol. The van der Waals surface area contributed by atoms with E-state index in [9.17, 15) is 14.0 Å². The summed E-state index contributed by atoms with van der Waals surface area (Å²) in [5.74, 6) is -1.37. The van der Waals surface area contributed by atoms with Gasteiger partial charge in [-0.15, -0.1) is 11.3 Å². The lowest BCUT2D eigenvalue weighted by atomic mass is 10.1. The van der Waals surface area contributed by atoms with Crippen molar-refractivity contribution in [3.63, 3.8) is 0 Å². The van der Waals surface area contributed by atoms with Crippen molar-refractivity contribution < 1.29 is 14.0 Å². The van der Waals surface area contributed by atoms with Gasteiger partial charge in [0, 0.05) is 23.6 Å². The third-order valence-corrected chi connectivity index (χ3v) is 4.76. The number of halogens is 1. The molecule has 1 aromatic heterocycles. The van der Waals surface area contributed by atoms with E-state index >= 15 is 0 Å². The van der Waals surface area contributed by atoms with E-state index in [0.29, 0.717) is 5.69 Å². The van der Waals surface area contributed by atoms with Crippen molar-refractivity contribution in [1.82, 2.24) is 4.98 Å². The van der Waals surface area contributed by atoms with Gasteiger partial charge >= 0.3 is 0 Å². The van der Waals surface area contributed by atoms with Crippen molar-refractivity contribution in [2.24, 2.45) is 0 Å².